The maximum atomic E-state index is 11.9. The Bertz CT molecular complexity index is 417. The fourth-order valence-corrected chi connectivity index (χ4v) is 2.18. The number of anilines is 1. The minimum absolute atomic E-state index is 0.187. The Kier molecular flexibility index (Phi) is 3.76. The van der Waals surface area contributed by atoms with Gasteiger partial charge in [0, 0.05) is 25.3 Å². The van der Waals surface area contributed by atoms with Crippen LogP contribution in [-0.4, -0.2) is 25.5 Å². The molecule has 3 N–H and O–H groups in total. The van der Waals surface area contributed by atoms with Crippen molar-refractivity contribution < 1.29 is 4.79 Å². The second-order valence-corrected chi connectivity index (χ2v) is 4.24. The standard InChI is InChI=1S/C13H19N3O/c1-2-15-5-6-16-12-4-3-10(9-14)7-11(12)8-13(16)17/h3-4,7,15H,2,5-6,8-9,14H2,1H3. The van der Waals surface area contributed by atoms with Gasteiger partial charge in [-0.3, -0.25) is 4.79 Å². The van der Waals surface area contributed by atoms with Crippen molar-refractivity contribution in [3.63, 3.8) is 0 Å². The Balaban J connectivity index is 2.13. The summed E-state index contributed by atoms with van der Waals surface area (Å²) in [6.07, 6.45) is 0.509. The van der Waals surface area contributed by atoms with Gasteiger partial charge < -0.3 is 16.0 Å². The summed E-state index contributed by atoms with van der Waals surface area (Å²) < 4.78 is 0. The third-order valence-corrected chi connectivity index (χ3v) is 3.08. The van der Waals surface area contributed by atoms with E-state index in [9.17, 15) is 4.79 Å². The number of nitrogens with one attached hydrogen (secondary N) is 1. The largest absolute Gasteiger partial charge is 0.326 e. The van der Waals surface area contributed by atoms with Crippen LogP contribution in [0.15, 0.2) is 18.2 Å². The molecule has 0 radical (unpaired) electrons. The molecule has 1 aliphatic rings. The SMILES string of the molecule is CCNCCN1C(=O)Cc2cc(CN)ccc21. The molecule has 4 nitrogen and oxygen atoms in total. The van der Waals surface area contributed by atoms with Crippen LogP contribution in [0.1, 0.15) is 18.1 Å². The molecule has 0 saturated heterocycles. The van der Waals surface area contributed by atoms with Gasteiger partial charge in [0.1, 0.15) is 0 Å². The van der Waals surface area contributed by atoms with Gasteiger partial charge in [-0.15, -0.1) is 0 Å². The molecule has 0 saturated carbocycles. The van der Waals surface area contributed by atoms with Crippen LogP contribution in [0.3, 0.4) is 0 Å². The molecule has 0 fully saturated rings. The lowest BCUT2D eigenvalue weighted by Gasteiger charge is -2.17. The minimum Gasteiger partial charge on any atom is -0.326 e. The molecule has 2 rings (SSSR count). The second-order valence-electron chi connectivity index (χ2n) is 4.24. The van der Waals surface area contributed by atoms with Gasteiger partial charge in [0.15, 0.2) is 0 Å². The van der Waals surface area contributed by atoms with Crippen molar-refractivity contribution in [1.29, 1.82) is 0 Å². The van der Waals surface area contributed by atoms with E-state index in [0.29, 0.717) is 13.0 Å². The molecule has 1 aromatic carbocycles. The zero-order valence-electron chi connectivity index (χ0n) is 10.2. The number of likely N-dealkylation sites (N-methyl/N-ethyl adjacent to an activating group) is 1. The lowest BCUT2D eigenvalue weighted by molar-refractivity contribution is -0.117. The molecule has 0 bridgehead atoms. The van der Waals surface area contributed by atoms with Gasteiger partial charge in [-0.1, -0.05) is 19.1 Å². The first-order valence-corrected chi connectivity index (χ1v) is 6.09. The molecule has 92 valence electrons. The van der Waals surface area contributed by atoms with E-state index in [4.69, 9.17) is 5.73 Å². The molecule has 4 heteroatoms. The lowest BCUT2D eigenvalue weighted by Crippen LogP contribution is -2.34. The van der Waals surface area contributed by atoms with E-state index < -0.39 is 0 Å². The van der Waals surface area contributed by atoms with Crippen LogP contribution in [0.2, 0.25) is 0 Å². The van der Waals surface area contributed by atoms with Gasteiger partial charge in [0.2, 0.25) is 5.91 Å². The highest BCUT2D eigenvalue weighted by Gasteiger charge is 2.26. The second kappa shape index (κ2) is 5.29. The average Bonchev–Trinajstić information content (AvgIpc) is 2.65. The van der Waals surface area contributed by atoms with Crippen molar-refractivity contribution in [1.82, 2.24) is 5.32 Å². The summed E-state index contributed by atoms with van der Waals surface area (Å²) in [5.41, 5.74) is 8.84. The molecule has 0 aliphatic carbocycles. The van der Waals surface area contributed by atoms with Crippen LogP contribution in [0, 0.1) is 0 Å². The molecule has 1 heterocycles. The Hall–Kier alpha value is -1.39. The maximum absolute atomic E-state index is 11.9. The van der Waals surface area contributed by atoms with Gasteiger partial charge in [-0.2, -0.15) is 0 Å². The topological polar surface area (TPSA) is 58.4 Å². The van der Waals surface area contributed by atoms with E-state index in [-0.39, 0.29) is 5.91 Å². The Morgan fingerprint density at radius 2 is 2.29 bits per heavy atom. The number of carbonyl (C=O) groups excluding carboxylic acids is 1. The first-order chi connectivity index (χ1) is 8.26. The number of benzene rings is 1. The molecule has 1 aliphatic heterocycles. The van der Waals surface area contributed by atoms with Crippen molar-refractivity contribution in [2.75, 3.05) is 24.5 Å². The maximum Gasteiger partial charge on any atom is 0.231 e. The van der Waals surface area contributed by atoms with Crippen LogP contribution in [0.5, 0.6) is 0 Å². The summed E-state index contributed by atoms with van der Waals surface area (Å²) in [7, 11) is 0. The highest BCUT2D eigenvalue weighted by Crippen LogP contribution is 2.29. The van der Waals surface area contributed by atoms with E-state index >= 15 is 0 Å². The number of rotatable bonds is 5. The fourth-order valence-electron chi connectivity index (χ4n) is 2.18. The lowest BCUT2D eigenvalue weighted by atomic mass is 10.1. The molecule has 0 atom stereocenters. The smallest absolute Gasteiger partial charge is 0.231 e. The summed E-state index contributed by atoms with van der Waals surface area (Å²) >= 11 is 0. The first kappa shape index (κ1) is 12.1. The minimum atomic E-state index is 0.187. The number of hydrogen-bond acceptors (Lipinski definition) is 3. The van der Waals surface area contributed by atoms with E-state index in [1.807, 2.05) is 23.1 Å². The Morgan fingerprint density at radius 3 is 3.00 bits per heavy atom. The zero-order chi connectivity index (χ0) is 12.3. The molecule has 0 aromatic heterocycles. The highest BCUT2D eigenvalue weighted by atomic mass is 16.2. The normalized spacial score (nSPS) is 14.2. The predicted molar refractivity (Wildman–Crippen MR) is 68.9 cm³/mol. The summed E-state index contributed by atoms with van der Waals surface area (Å²) in [5, 5.41) is 3.24. The van der Waals surface area contributed by atoms with Crippen molar-refractivity contribution in [3.8, 4) is 0 Å². The monoisotopic (exact) mass is 233 g/mol. The third-order valence-electron chi connectivity index (χ3n) is 3.08. The van der Waals surface area contributed by atoms with Crippen LogP contribution >= 0.6 is 0 Å². The van der Waals surface area contributed by atoms with Crippen molar-refractivity contribution in [3.05, 3.63) is 29.3 Å². The number of nitrogens with two attached hydrogens (primary N) is 1. The van der Waals surface area contributed by atoms with Crippen molar-refractivity contribution in [2.24, 2.45) is 5.73 Å². The third kappa shape index (κ3) is 2.48. The van der Waals surface area contributed by atoms with Gasteiger partial charge in [-0.25, -0.2) is 0 Å². The first-order valence-electron chi connectivity index (χ1n) is 6.09. The van der Waals surface area contributed by atoms with Crippen LogP contribution in [0.4, 0.5) is 5.69 Å². The van der Waals surface area contributed by atoms with Crippen molar-refractivity contribution >= 4 is 11.6 Å². The molecule has 1 amide bonds. The molecule has 0 unspecified atom stereocenters. The molecular formula is C13H19N3O. The Labute approximate surface area is 102 Å². The van der Waals surface area contributed by atoms with Crippen LogP contribution in [0.25, 0.3) is 0 Å². The number of amides is 1. The number of nitrogens with zero attached hydrogens (tertiary/aromatic N) is 1. The summed E-state index contributed by atoms with van der Waals surface area (Å²) in [6.45, 7) is 5.09. The van der Waals surface area contributed by atoms with Gasteiger partial charge >= 0.3 is 0 Å². The van der Waals surface area contributed by atoms with Gasteiger partial charge in [0.05, 0.1) is 6.42 Å². The summed E-state index contributed by atoms with van der Waals surface area (Å²) in [5.74, 6) is 0.187. The molecule has 17 heavy (non-hydrogen) atoms. The van der Waals surface area contributed by atoms with E-state index in [0.717, 1.165) is 36.4 Å². The average molecular weight is 233 g/mol. The molecule has 0 spiro atoms. The molecular weight excluding hydrogens is 214 g/mol. The van der Waals surface area contributed by atoms with E-state index in [1.165, 1.54) is 0 Å². The van der Waals surface area contributed by atoms with Gasteiger partial charge in [0.25, 0.3) is 0 Å². The van der Waals surface area contributed by atoms with Gasteiger partial charge in [-0.05, 0) is 23.7 Å². The zero-order valence-corrected chi connectivity index (χ0v) is 10.2. The summed E-state index contributed by atoms with van der Waals surface area (Å²) in [4.78, 5) is 13.8. The quantitative estimate of drug-likeness (QED) is 0.734. The van der Waals surface area contributed by atoms with E-state index in [2.05, 4.69) is 12.2 Å². The van der Waals surface area contributed by atoms with Crippen molar-refractivity contribution in [2.45, 2.75) is 19.9 Å². The fraction of sp³-hybridized carbons (Fsp3) is 0.462. The van der Waals surface area contributed by atoms with E-state index in [1.54, 1.807) is 0 Å². The highest BCUT2D eigenvalue weighted by molar-refractivity contribution is 6.01. The summed E-state index contributed by atoms with van der Waals surface area (Å²) in [6, 6.07) is 6.05. The van der Waals surface area contributed by atoms with Crippen LogP contribution in [-0.2, 0) is 17.8 Å². The molecule has 1 aromatic rings. The predicted octanol–water partition coefficient (Wildman–Crippen LogP) is 0.644. The Morgan fingerprint density at radius 1 is 1.47 bits per heavy atom. The van der Waals surface area contributed by atoms with Crippen LogP contribution < -0.4 is 16.0 Å². The number of carbonyl (C=O) groups is 1. The number of fused-ring (bicyclic) bond motifs is 1. The number of hydrogen-bond donors (Lipinski definition) is 2.